The van der Waals surface area contributed by atoms with Gasteiger partial charge in [0.15, 0.2) is 11.5 Å². The van der Waals surface area contributed by atoms with Crippen molar-refractivity contribution < 1.29 is 14.2 Å². The molecule has 0 spiro atoms. The third kappa shape index (κ3) is 5.94. The van der Waals surface area contributed by atoms with Crippen molar-refractivity contribution in [2.45, 2.75) is 26.3 Å². The minimum absolute atomic E-state index is 0.637. The fraction of sp³-hybridized carbons (Fsp3) is 0.600. The maximum atomic E-state index is 5.69. The molecule has 4 heteroatoms. The van der Waals surface area contributed by atoms with E-state index < -0.39 is 0 Å². The molecular weight excluding hydrogens is 242 g/mol. The van der Waals surface area contributed by atoms with Gasteiger partial charge < -0.3 is 19.5 Å². The van der Waals surface area contributed by atoms with Crippen LogP contribution in [0.15, 0.2) is 18.2 Å². The van der Waals surface area contributed by atoms with Gasteiger partial charge in [-0.05, 0) is 30.7 Å². The average Bonchev–Trinajstić information content (AvgIpc) is 2.44. The lowest BCUT2D eigenvalue weighted by atomic mass is 10.2. The molecule has 0 bridgehead atoms. The topological polar surface area (TPSA) is 39.7 Å². The van der Waals surface area contributed by atoms with Crippen LogP contribution in [0.25, 0.3) is 0 Å². The van der Waals surface area contributed by atoms with Crippen LogP contribution >= 0.6 is 0 Å². The van der Waals surface area contributed by atoms with Gasteiger partial charge in [0.1, 0.15) is 0 Å². The molecule has 0 aliphatic heterocycles. The zero-order valence-corrected chi connectivity index (χ0v) is 12.2. The summed E-state index contributed by atoms with van der Waals surface area (Å²) in [5, 5.41) is 3.37. The van der Waals surface area contributed by atoms with Crippen molar-refractivity contribution in [3.63, 3.8) is 0 Å². The monoisotopic (exact) mass is 267 g/mol. The predicted molar refractivity (Wildman–Crippen MR) is 77.0 cm³/mol. The Hall–Kier alpha value is -1.26. The van der Waals surface area contributed by atoms with Crippen molar-refractivity contribution in [3.05, 3.63) is 23.8 Å². The molecule has 0 aliphatic rings. The Morgan fingerprint density at radius 2 is 1.95 bits per heavy atom. The van der Waals surface area contributed by atoms with Crippen molar-refractivity contribution >= 4 is 0 Å². The van der Waals surface area contributed by atoms with Crippen LogP contribution in [0, 0.1) is 0 Å². The summed E-state index contributed by atoms with van der Waals surface area (Å²) >= 11 is 0. The summed E-state index contributed by atoms with van der Waals surface area (Å²) < 4.78 is 16.0. The Bertz CT molecular complexity index is 355. The van der Waals surface area contributed by atoms with Crippen molar-refractivity contribution in [2.24, 2.45) is 0 Å². The van der Waals surface area contributed by atoms with E-state index in [1.165, 1.54) is 5.56 Å². The highest BCUT2D eigenvalue weighted by Crippen LogP contribution is 2.28. The fourth-order valence-corrected chi connectivity index (χ4v) is 1.74. The summed E-state index contributed by atoms with van der Waals surface area (Å²) in [6.07, 6.45) is 2.01. The van der Waals surface area contributed by atoms with E-state index in [2.05, 4.69) is 18.3 Å². The summed E-state index contributed by atoms with van der Waals surface area (Å²) in [6, 6.07) is 6.06. The van der Waals surface area contributed by atoms with E-state index in [1.54, 1.807) is 14.2 Å². The normalized spacial score (nSPS) is 10.5. The molecule has 0 unspecified atom stereocenters. The highest BCUT2D eigenvalue weighted by Gasteiger charge is 2.05. The number of benzene rings is 1. The standard InChI is InChI=1S/C15H25NO3/c1-4-8-16-12-13-6-7-14(15(11-13)18-3)19-10-5-9-17-2/h6-7,11,16H,4-5,8-10,12H2,1-3H3. The van der Waals surface area contributed by atoms with Gasteiger partial charge in [-0.25, -0.2) is 0 Å². The highest BCUT2D eigenvalue weighted by molar-refractivity contribution is 5.42. The molecule has 1 N–H and O–H groups in total. The van der Waals surface area contributed by atoms with Gasteiger partial charge in [-0.15, -0.1) is 0 Å². The first kappa shape index (κ1) is 15.8. The third-order valence-corrected chi connectivity index (χ3v) is 2.73. The lowest BCUT2D eigenvalue weighted by Crippen LogP contribution is -2.13. The quantitative estimate of drug-likeness (QED) is 0.661. The lowest BCUT2D eigenvalue weighted by molar-refractivity contribution is 0.170. The summed E-state index contributed by atoms with van der Waals surface area (Å²) in [5.41, 5.74) is 1.20. The molecule has 1 aromatic carbocycles. The fourth-order valence-electron chi connectivity index (χ4n) is 1.74. The van der Waals surface area contributed by atoms with Gasteiger partial charge >= 0.3 is 0 Å². The van der Waals surface area contributed by atoms with Crippen LogP contribution in [0.5, 0.6) is 11.5 Å². The first-order valence-electron chi connectivity index (χ1n) is 6.81. The Kier molecular flexibility index (Phi) is 8.02. The van der Waals surface area contributed by atoms with Gasteiger partial charge in [0.2, 0.25) is 0 Å². The van der Waals surface area contributed by atoms with Crippen LogP contribution in [-0.4, -0.2) is 34.0 Å². The molecule has 108 valence electrons. The average molecular weight is 267 g/mol. The molecule has 19 heavy (non-hydrogen) atoms. The van der Waals surface area contributed by atoms with Crippen molar-refractivity contribution in [1.29, 1.82) is 0 Å². The minimum atomic E-state index is 0.637. The van der Waals surface area contributed by atoms with E-state index in [9.17, 15) is 0 Å². The Labute approximate surface area is 116 Å². The maximum absolute atomic E-state index is 5.69. The molecule has 0 aromatic heterocycles. The zero-order valence-electron chi connectivity index (χ0n) is 12.2. The number of nitrogens with one attached hydrogen (secondary N) is 1. The number of hydrogen-bond donors (Lipinski definition) is 1. The third-order valence-electron chi connectivity index (χ3n) is 2.73. The van der Waals surface area contributed by atoms with Gasteiger partial charge in [0.05, 0.1) is 13.7 Å². The molecule has 0 heterocycles. The first-order valence-corrected chi connectivity index (χ1v) is 6.81. The van der Waals surface area contributed by atoms with E-state index in [-0.39, 0.29) is 0 Å². The molecule has 0 saturated heterocycles. The smallest absolute Gasteiger partial charge is 0.161 e. The number of hydrogen-bond acceptors (Lipinski definition) is 4. The largest absolute Gasteiger partial charge is 0.493 e. The SMILES string of the molecule is CCCNCc1ccc(OCCCOC)c(OC)c1. The molecule has 1 aromatic rings. The summed E-state index contributed by atoms with van der Waals surface area (Å²) in [7, 11) is 3.36. The highest BCUT2D eigenvalue weighted by atomic mass is 16.5. The molecule has 0 saturated carbocycles. The Morgan fingerprint density at radius 1 is 1.11 bits per heavy atom. The number of ether oxygens (including phenoxy) is 3. The van der Waals surface area contributed by atoms with Crippen LogP contribution in [0.2, 0.25) is 0 Å². The molecule has 0 aliphatic carbocycles. The lowest BCUT2D eigenvalue weighted by Gasteiger charge is -2.12. The van der Waals surface area contributed by atoms with Gasteiger partial charge in [-0.3, -0.25) is 0 Å². The van der Waals surface area contributed by atoms with Crippen LogP contribution < -0.4 is 14.8 Å². The van der Waals surface area contributed by atoms with Gasteiger partial charge in [-0.1, -0.05) is 13.0 Å². The van der Waals surface area contributed by atoms with Gasteiger partial charge in [0, 0.05) is 26.7 Å². The Morgan fingerprint density at radius 3 is 2.63 bits per heavy atom. The zero-order chi connectivity index (χ0) is 13.9. The van der Waals surface area contributed by atoms with Crippen LogP contribution in [0.1, 0.15) is 25.3 Å². The first-order chi connectivity index (χ1) is 9.31. The van der Waals surface area contributed by atoms with Gasteiger partial charge in [-0.2, -0.15) is 0 Å². The van der Waals surface area contributed by atoms with Crippen molar-refractivity contribution in [3.8, 4) is 11.5 Å². The van der Waals surface area contributed by atoms with Crippen LogP contribution in [-0.2, 0) is 11.3 Å². The summed E-state index contributed by atoms with van der Waals surface area (Å²) in [4.78, 5) is 0. The van der Waals surface area contributed by atoms with Gasteiger partial charge in [0.25, 0.3) is 0 Å². The van der Waals surface area contributed by atoms with Crippen LogP contribution in [0.4, 0.5) is 0 Å². The van der Waals surface area contributed by atoms with Crippen molar-refractivity contribution in [1.82, 2.24) is 5.32 Å². The maximum Gasteiger partial charge on any atom is 0.161 e. The molecule has 0 atom stereocenters. The van der Waals surface area contributed by atoms with E-state index in [1.807, 2.05) is 12.1 Å². The molecule has 4 nitrogen and oxygen atoms in total. The second-order valence-corrected chi connectivity index (χ2v) is 4.36. The molecule has 0 fully saturated rings. The Balaban J connectivity index is 2.52. The molecule has 0 radical (unpaired) electrons. The minimum Gasteiger partial charge on any atom is -0.493 e. The summed E-state index contributed by atoms with van der Waals surface area (Å²) in [6.45, 7) is 5.38. The molecular formula is C15H25NO3. The van der Waals surface area contributed by atoms with E-state index in [0.29, 0.717) is 13.2 Å². The van der Waals surface area contributed by atoms with E-state index in [4.69, 9.17) is 14.2 Å². The molecule has 1 rings (SSSR count). The van der Waals surface area contributed by atoms with E-state index in [0.717, 1.165) is 37.4 Å². The molecule has 0 amide bonds. The van der Waals surface area contributed by atoms with Crippen molar-refractivity contribution in [2.75, 3.05) is 34.0 Å². The second kappa shape index (κ2) is 9.64. The number of methoxy groups -OCH3 is 2. The van der Waals surface area contributed by atoms with Crippen LogP contribution in [0.3, 0.4) is 0 Å². The number of rotatable bonds is 10. The summed E-state index contributed by atoms with van der Waals surface area (Å²) in [5.74, 6) is 1.58. The predicted octanol–water partition coefficient (Wildman–Crippen LogP) is 2.61. The second-order valence-electron chi connectivity index (χ2n) is 4.36. The van der Waals surface area contributed by atoms with E-state index >= 15 is 0 Å².